The molecule has 1 heterocycles. The van der Waals surface area contributed by atoms with Gasteiger partial charge in [0.2, 0.25) is 11.6 Å². The molecule has 2 rings (SSSR count). The first-order valence-electron chi connectivity index (χ1n) is 6.91. The molecule has 0 radical (unpaired) electrons. The van der Waals surface area contributed by atoms with Crippen LogP contribution in [0, 0.1) is 10.1 Å². The number of rotatable bonds is 6. The largest absolute Gasteiger partial charge is 0.362 e. The van der Waals surface area contributed by atoms with Gasteiger partial charge in [0.15, 0.2) is 0 Å². The minimum Gasteiger partial charge on any atom is -0.362 e. The number of anilines is 3. The Morgan fingerprint density at radius 1 is 1.30 bits per heavy atom. The number of nitrogens with zero attached hydrogens (tertiary/aromatic N) is 3. The van der Waals surface area contributed by atoms with E-state index in [0.29, 0.717) is 10.7 Å². The normalized spacial score (nSPS) is 11.8. The van der Waals surface area contributed by atoms with Gasteiger partial charge in [-0.25, -0.2) is 9.97 Å². The maximum atomic E-state index is 11.4. The summed E-state index contributed by atoms with van der Waals surface area (Å²) < 4.78 is 0. The first kappa shape index (κ1) is 17.2. The van der Waals surface area contributed by atoms with Crippen molar-refractivity contribution in [1.29, 1.82) is 0 Å². The lowest BCUT2D eigenvalue weighted by Gasteiger charge is -2.14. The van der Waals surface area contributed by atoms with Gasteiger partial charge in [-0.05, 0) is 25.5 Å². The van der Waals surface area contributed by atoms with Crippen LogP contribution in [0.1, 0.15) is 20.3 Å². The van der Waals surface area contributed by atoms with Crippen molar-refractivity contribution >= 4 is 46.2 Å². The molecular formula is C14H15Cl2N5O2. The second-order valence-electron chi connectivity index (χ2n) is 4.86. The third kappa shape index (κ3) is 4.00. The quantitative estimate of drug-likeness (QED) is 0.578. The third-order valence-electron chi connectivity index (χ3n) is 3.21. The van der Waals surface area contributed by atoms with Crippen LogP contribution in [0.3, 0.4) is 0 Å². The van der Waals surface area contributed by atoms with Crippen LogP contribution in [-0.4, -0.2) is 20.9 Å². The molecule has 1 unspecified atom stereocenters. The Bertz CT molecular complexity index is 726. The molecule has 0 spiro atoms. The monoisotopic (exact) mass is 355 g/mol. The van der Waals surface area contributed by atoms with Gasteiger partial charge in [-0.2, -0.15) is 0 Å². The summed E-state index contributed by atoms with van der Waals surface area (Å²) in [5.41, 5.74) is 0.180. The molecule has 0 aliphatic carbocycles. The molecule has 2 N–H and O–H groups in total. The summed E-state index contributed by atoms with van der Waals surface area (Å²) in [6.07, 6.45) is 2.04. The first-order chi connectivity index (χ1) is 10.9. The molecule has 0 saturated carbocycles. The Balaban J connectivity index is 2.44. The van der Waals surface area contributed by atoms with E-state index in [0.717, 1.165) is 6.42 Å². The Hall–Kier alpha value is -2.12. The van der Waals surface area contributed by atoms with Gasteiger partial charge in [0, 0.05) is 6.04 Å². The molecule has 1 aromatic heterocycles. The third-order valence-corrected chi connectivity index (χ3v) is 4.02. The molecule has 7 nitrogen and oxygen atoms in total. The van der Waals surface area contributed by atoms with Crippen molar-refractivity contribution < 1.29 is 4.92 Å². The van der Waals surface area contributed by atoms with Crippen molar-refractivity contribution in [3.05, 3.63) is 44.7 Å². The lowest BCUT2D eigenvalue weighted by molar-refractivity contribution is -0.383. The predicted octanol–water partition coefficient (Wildman–Crippen LogP) is 4.65. The van der Waals surface area contributed by atoms with Gasteiger partial charge in [-0.3, -0.25) is 10.1 Å². The summed E-state index contributed by atoms with van der Waals surface area (Å²) in [5, 5.41) is 17.9. The van der Waals surface area contributed by atoms with Gasteiger partial charge >= 0.3 is 5.69 Å². The van der Waals surface area contributed by atoms with Gasteiger partial charge in [0.25, 0.3) is 0 Å². The number of hydrogen-bond acceptors (Lipinski definition) is 6. The van der Waals surface area contributed by atoms with E-state index < -0.39 is 4.92 Å². The van der Waals surface area contributed by atoms with E-state index in [1.54, 1.807) is 18.2 Å². The summed E-state index contributed by atoms with van der Waals surface area (Å²) in [7, 11) is 0. The van der Waals surface area contributed by atoms with Crippen molar-refractivity contribution in [2.75, 3.05) is 10.6 Å². The van der Waals surface area contributed by atoms with Gasteiger partial charge in [-0.15, -0.1) is 0 Å². The van der Waals surface area contributed by atoms with Crippen LogP contribution in [0.4, 0.5) is 23.0 Å². The Labute approximate surface area is 143 Å². The summed E-state index contributed by atoms with van der Waals surface area (Å²) in [4.78, 5) is 18.8. The molecular weight excluding hydrogens is 341 g/mol. The van der Waals surface area contributed by atoms with E-state index in [9.17, 15) is 10.1 Å². The Morgan fingerprint density at radius 2 is 2.00 bits per heavy atom. The summed E-state index contributed by atoms with van der Waals surface area (Å²) in [6.45, 7) is 3.88. The van der Waals surface area contributed by atoms with Gasteiger partial charge in [0.1, 0.15) is 6.33 Å². The molecule has 0 saturated heterocycles. The molecule has 0 aliphatic heterocycles. The molecule has 0 fully saturated rings. The van der Waals surface area contributed by atoms with Crippen LogP contribution in [0.15, 0.2) is 24.5 Å². The summed E-state index contributed by atoms with van der Waals surface area (Å²) in [5.74, 6) is 0.194. The molecule has 122 valence electrons. The van der Waals surface area contributed by atoms with Crippen molar-refractivity contribution in [3.8, 4) is 0 Å². The standard InChI is InChI=1S/C14H15Cl2N5O2/c1-3-8(2)19-13-12(21(22)23)14(18-7-17-13)20-10-6-4-5-9(15)11(10)16/h4-8H,3H2,1-2H3,(H2,17,18,19,20). The van der Waals surface area contributed by atoms with Gasteiger partial charge in [0.05, 0.1) is 20.7 Å². The van der Waals surface area contributed by atoms with Crippen molar-refractivity contribution in [1.82, 2.24) is 9.97 Å². The second kappa shape index (κ2) is 7.43. The number of halogens is 2. The number of nitro groups is 1. The molecule has 1 aromatic carbocycles. The summed E-state index contributed by atoms with van der Waals surface area (Å²) >= 11 is 12.0. The van der Waals surface area contributed by atoms with Crippen LogP contribution >= 0.6 is 23.2 Å². The maximum Gasteiger partial charge on any atom is 0.353 e. The topological polar surface area (TPSA) is 93.0 Å². The fraction of sp³-hybridized carbons (Fsp3) is 0.286. The number of aromatic nitrogens is 2. The zero-order chi connectivity index (χ0) is 17.0. The van der Waals surface area contributed by atoms with Crippen LogP contribution in [0.25, 0.3) is 0 Å². The number of hydrogen-bond donors (Lipinski definition) is 2. The van der Waals surface area contributed by atoms with Crippen molar-refractivity contribution in [2.45, 2.75) is 26.3 Å². The maximum absolute atomic E-state index is 11.4. The first-order valence-corrected chi connectivity index (χ1v) is 7.66. The van der Waals surface area contributed by atoms with Crippen molar-refractivity contribution in [3.63, 3.8) is 0 Å². The van der Waals surface area contributed by atoms with Crippen LogP contribution in [0.2, 0.25) is 10.0 Å². The van der Waals surface area contributed by atoms with E-state index in [4.69, 9.17) is 23.2 Å². The van der Waals surface area contributed by atoms with E-state index in [2.05, 4.69) is 20.6 Å². The lowest BCUT2D eigenvalue weighted by atomic mass is 10.2. The minimum atomic E-state index is -0.536. The smallest absolute Gasteiger partial charge is 0.353 e. The Kier molecular flexibility index (Phi) is 5.57. The average molecular weight is 356 g/mol. The molecule has 9 heteroatoms. The zero-order valence-electron chi connectivity index (χ0n) is 12.5. The zero-order valence-corrected chi connectivity index (χ0v) is 14.0. The van der Waals surface area contributed by atoms with Crippen molar-refractivity contribution in [2.24, 2.45) is 0 Å². The average Bonchev–Trinajstić information content (AvgIpc) is 2.51. The van der Waals surface area contributed by atoms with Crippen LogP contribution < -0.4 is 10.6 Å². The molecule has 23 heavy (non-hydrogen) atoms. The second-order valence-corrected chi connectivity index (χ2v) is 5.64. The highest BCUT2D eigenvalue weighted by Crippen LogP contribution is 2.36. The Morgan fingerprint density at radius 3 is 2.65 bits per heavy atom. The van der Waals surface area contributed by atoms with E-state index >= 15 is 0 Å². The molecule has 0 aliphatic rings. The number of benzene rings is 1. The molecule has 2 aromatic rings. The lowest BCUT2D eigenvalue weighted by Crippen LogP contribution is -2.16. The molecule has 0 bridgehead atoms. The van der Waals surface area contributed by atoms with Crippen LogP contribution in [0.5, 0.6) is 0 Å². The fourth-order valence-corrected chi connectivity index (χ4v) is 2.16. The summed E-state index contributed by atoms with van der Waals surface area (Å²) in [6, 6.07) is 4.99. The highest BCUT2D eigenvalue weighted by Gasteiger charge is 2.24. The van der Waals surface area contributed by atoms with E-state index in [-0.39, 0.29) is 28.4 Å². The SMILES string of the molecule is CCC(C)Nc1ncnc(Nc2cccc(Cl)c2Cl)c1[N+](=O)[O-]. The fourth-order valence-electron chi connectivity index (χ4n) is 1.81. The van der Waals surface area contributed by atoms with Crippen LogP contribution in [-0.2, 0) is 0 Å². The van der Waals surface area contributed by atoms with E-state index in [1.807, 2.05) is 13.8 Å². The van der Waals surface area contributed by atoms with Gasteiger partial charge < -0.3 is 10.6 Å². The number of nitrogens with one attached hydrogen (secondary N) is 2. The highest BCUT2D eigenvalue weighted by atomic mass is 35.5. The highest BCUT2D eigenvalue weighted by molar-refractivity contribution is 6.43. The molecule has 0 amide bonds. The minimum absolute atomic E-state index is 0.0335. The predicted molar refractivity (Wildman–Crippen MR) is 91.8 cm³/mol. The molecule has 1 atom stereocenters. The van der Waals surface area contributed by atoms with Gasteiger partial charge in [-0.1, -0.05) is 36.2 Å². The van der Waals surface area contributed by atoms with E-state index in [1.165, 1.54) is 6.33 Å².